The maximum absolute atomic E-state index is 13.8. The zero-order valence-electron chi connectivity index (χ0n) is 28.1. The lowest BCUT2D eigenvalue weighted by atomic mass is 9.93. The first kappa shape index (κ1) is 36.5. The topological polar surface area (TPSA) is 159 Å². The minimum Gasteiger partial charge on any atom is -0.445 e. The Balaban J connectivity index is 1.47. The smallest absolute Gasteiger partial charge is 0.407 e. The first-order chi connectivity index (χ1) is 23.7. The summed E-state index contributed by atoms with van der Waals surface area (Å²) in [7, 11) is 1.65. The summed E-state index contributed by atoms with van der Waals surface area (Å²) >= 11 is 0. The Labute approximate surface area is 287 Å². The highest BCUT2D eigenvalue weighted by atomic mass is 16.5. The standard InChI is InChI=1S/C37H45N7O5/c1-26(2)34(43-36(47)44(3)23-30-16-10-11-17-40-30)35(46)41-31(18-27-12-6-4-7-13-27)20-33(45)32(19-28-14-8-5-9-15-28)42-37(48)49-24-29-21-38-25-39-22-29/h4-17,21-22,25-26,31-34,45H,18-20,23-24H2,1-3H3,(H,41,46)(H,42,48)(H,43,47)/t31-,32-,33-,34?/m0/s1. The summed E-state index contributed by atoms with van der Waals surface area (Å²) in [6.45, 7) is 3.96. The van der Waals surface area contributed by atoms with Gasteiger partial charge in [-0.25, -0.2) is 19.6 Å². The molecule has 4 amide bonds. The van der Waals surface area contributed by atoms with Gasteiger partial charge in [0.2, 0.25) is 5.91 Å². The fourth-order valence-corrected chi connectivity index (χ4v) is 5.32. The van der Waals surface area contributed by atoms with Crippen LogP contribution in [0.1, 0.15) is 42.7 Å². The molecule has 0 saturated carbocycles. The Kier molecular flexibility index (Phi) is 14.0. The van der Waals surface area contributed by atoms with Crippen LogP contribution in [0.4, 0.5) is 9.59 Å². The molecular formula is C37H45N7O5. The van der Waals surface area contributed by atoms with Crippen LogP contribution in [0.15, 0.2) is 104 Å². The number of aliphatic hydroxyl groups excluding tert-OH is 1. The van der Waals surface area contributed by atoms with E-state index < -0.39 is 36.4 Å². The second kappa shape index (κ2) is 18.8. The van der Waals surface area contributed by atoms with Gasteiger partial charge >= 0.3 is 12.1 Å². The molecule has 0 aliphatic heterocycles. The fraction of sp³-hybridized carbons (Fsp3) is 0.351. The van der Waals surface area contributed by atoms with Crippen LogP contribution in [0.5, 0.6) is 0 Å². The van der Waals surface area contributed by atoms with Crippen molar-refractivity contribution in [3.05, 3.63) is 126 Å². The molecule has 2 aromatic carbocycles. The minimum absolute atomic E-state index is 0.0348. The third kappa shape index (κ3) is 12.3. The maximum atomic E-state index is 13.8. The highest BCUT2D eigenvalue weighted by Gasteiger charge is 2.31. The number of urea groups is 1. The maximum Gasteiger partial charge on any atom is 0.407 e. The van der Waals surface area contributed by atoms with E-state index in [0.29, 0.717) is 18.4 Å². The molecule has 0 saturated heterocycles. The molecule has 4 aromatic rings. The van der Waals surface area contributed by atoms with Crippen LogP contribution < -0.4 is 16.0 Å². The number of nitrogens with one attached hydrogen (secondary N) is 3. The van der Waals surface area contributed by atoms with Gasteiger partial charge in [-0.15, -0.1) is 0 Å². The second-order valence-electron chi connectivity index (χ2n) is 12.3. The normalized spacial score (nSPS) is 13.4. The molecule has 4 atom stereocenters. The Morgan fingerprint density at radius 3 is 2.06 bits per heavy atom. The van der Waals surface area contributed by atoms with Crippen molar-refractivity contribution in [2.45, 2.75) is 70.5 Å². The number of nitrogens with zero attached hydrogens (tertiary/aromatic N) is 4. The highest BCUT2D eigenvalue weighted by molar-refractivity contribution is 5.87. The van der Waals surface area contributed by atoms with Crippen LogP contribution in [-0.4, -0.2) is 74.3 Å². The van der Waals surface area contributed by atoms with Crippen LogP contribution in [0, 0.1) is 5.92 Å². The Morgan fingerprint density at radius 1 is 0.816 bits per heavy atom. The number of benzene rings is 2. The number of hydrogen-bond acceptors (Lipinski definition) is 8. The summed E-state index contributed by atoms with van der Waals surface area (Å²) in [5, 5.41) is 20.4. The van der Waals surface area contributed by atoms with Crippen molar-refractivity contribution >= 4 is 18.0 Å². The van der Waals surface area contributed by atoms with Gasteiger partial charge in [0.25, 0.3) is 0 Å². The molecule has 258 valence electrons. The summed E-state index contributed by atoms with van der Waals surface area (Å²) in [5.74, 6) is -0.605. The molecule has 12 nitrogen and oxygen atoms in total. The van der Waals surface area contributed by atoms with Gasteiger partial charge in [-0.3, -0.25) is 9.78 Å². The Morgan fingerprint density at radius 2 is 1.45 bits per heavy atom. The first-order valence-electron chi connectivity index (χ1n) is 16.3. The van der Waals surface area contributed by atoms with Crippen LogP contribution in [0.3, 0.4) is 0 Å². The van der Waals surface area contributed by atoms with Gasteiger partial charge in [-0.05, 0) is 48.4 Å². The van der Waals surface area contributed by atoms with Crippen LogP contribution >= 0.6 is 0 Å². The average molecular weight is 668 g/mol. The predicted molar refractivity (Wildman–Crippen MR) is 185 cm³/mol. The summed E-state index contributed by atoms with van der Waals surface area (Å²) < 4.78 is 5.40. The molecule has 2 heterocycles. The lowest BCUT2D eigenvalue weighted by Crippen LogP contribution is -2.55. The lowest BCUT2D eigenvalue weighted by Gasteiger charge is -2.30. The number of ether oxygens (including phenoxy) is 1. The molecule has 2 aromatic heterocycles. The summed E-state index contributed by atoms with van der Waals surface area (Å²) in [4.78, 5) is 53.5. The molecule has 12 heteroatoms. The van der Waals surface area contributed by atoms with E-state index in [-0.39, 0.29) is 31.4 Å². The largest absolute Gasteiger partial charge is 0.445 e. The fourth-order valence-electron chi connectivity index (χ4n) is 5.32. The van der Waals surface area contributed by atoms with E-state index in [0.717, 1.165) is 16.8 Å². The first-order valence-corrected chi connectivity index (χ1v) is 16.3. The number of aliphatic hydroxyl groups is 1. The molecule has 1 unspecified atom stereocenters. The zero-order valence-corrected chi connectivity index (χ0v) is 28.1. The van der Waals surface area contributed by atoms with Gasteiger partial charge < -0.3 is 30.7 Å². The quantitative estimate of drug-likeness (QED) is 0.139. The van der Waals surface area contributed by atoms with Gasteiger partial charge in [0.1, 0.15) is 19.0 Å². The molecule has 4 rings (SSSR count). The number of pyridine rings is 1. The Bertz CT molecular complexity index is 1580. The van der Waals surface area contributed by atoms with Crippen molar-refractivity contribution in [3.63, 3.8) is 0 Å². The minimum atomic E-state index is -1.07. The zero-order chi connectivity index (χ0) is 35.0. The second-order valence-corrected chi connectivity index (χ2v) is 12.3. The monoisotopic (exact) mass is 667 g/mol. The third-order valence-corrected chi connectivity index (χ3v) is 7.95. The van der Waals surface area contributed by atoms with Crippen LogP contribution in [0.25, 0.3) is 0 Å². The number of carbonyl (C=O) groups excluding carboxylic acids is 3. The number of rotatable bonds is 16. The molecule has 0 aliphatic rings. The van der Waals surface area contributed by atoms with Crippen molar-refractivity contribution in [2.24, 2.45) is 5.92 Å². The molecule has 0 radical (unpaired) electrons. The average Bonchev–Trinajstić information content (AvgIpc) is 3.10. The molecule has 0 fully saturated rings. The predicted octanol–water partition coefficient (Wildman–Crippen LogP) is 4.05. The van der Waals surface area contributed by atoms with Crippen LogP contribution in [-0.2, 0) is 35.5 Å². The molecule has 0 spiro atoms. The van der Waals surface area contributed by atoms with Gasteiger partial charge in [-0.2, -0.15) is 0 Å². The number of aromatic nitrogens is 3. The van der Waals surface area contributed by atoms with Crippen molar-refractivity contribution in [2.75, 3.05) is 7.05 Å². The van der Waals surface area contributed by atoms with E-state index in [2.05, 4.69) is 30.9 Å². The number of hydrogen-bond donors (Lipinski definition) is 4. The van der Waals surface area contributed by atoms with E-state index in [1.165, 1.54) is 11.2 Å². The van der Waals surface area contributed by atoms with Crippen molar-refractivity contribution in [3.8, 4) is 0 Å². The van der Waals surface area contributed by atoms with Crippen molar-refractivity contribution < 1.29 is 24.2 Å². The van der Waals surface area contributed by atoms with E-state index in [4.69, 9.17) is 4.74 Å². The number of carbonyl (C=O) groups is 3. The summed E-state index contributed by atoms with van der Waals surface area (Å²) in [5.41, 5.74) is 3.21. The highest BCUT2D eigenvalue weighted by Crippen LogP contribution is 2.16. The van der Waals surface area contributed by atoms with Crippen molar-refractivity contribution in [1.82, 2.24) is 35.8 Å². The van der Waals surface area contributed by atoms with E-state index >= 15 is 0 Å². The molecule has 49 heavy (non-hydrogen) atoms. The van der Waals surface area contributed by atoms with Gasteiger partial charge in [0.05, 0.1) is 24.4 Å². The summed E-state index contributed by atoms with van der Waals surface area (Å²) in [6.07, 6.45) is 5.24. The van der Waals surface area contributed by atoms with Gasteiger partial charge in [0.15, 0.2) is 0 Å². The number of amides is 4. The van der Waals surface area contributed by atoms with Gasteiger partial charge in [0, 0.05) is 37.2 Å². The lowest BCUT2D eigenvalue weighted by molar-refractivity contribution is -0.124. The Hall–Kier alpha value is -5.36. The SMILES string of the molecule is CC(C)C(NC(=O)N(C)Cc1ccccn1)C(=O)N[C@@H](Cc1ccccc1)C[C@H](O)[C@H](Cc1ccccc1)NC(=O)OCc1cncnc1. The molecule has 0 bridgehead atoms. The van der Waals surface area contributed by atoms with Crippen LogP contribution in [0.2, 0.25) is 0 Å². The molecule has 4 N–H and O–H groups in total. The summed E-state index contributed by atoms with van der Waals surface area (Å²) in [6, 6.07) is 22.1. The van der Waals surface area contributed by atoms with E-state index in [1.807, 2.05) is 86.6 Å². The van der Waals surface area contributed by atoms with Gasteiger partial charge in [-0.1, -0.05) is 80.6 Å². The number of alkyl carbamates (subject to hydrolysis) is 1. The van der Waals surface area contributed by atoms with E-state index in [1.54, 1.807) is 31.7 Å². The third-order valence-electron chi connectivity index (χ3n) is 7.95. The molecule has 0 aliphatic carbocycles. The molecular weight excluding hydrogens is 622 g/mol. The van der Waals surface area contributed by atoms with E-state index in [9.17, 15) is 19.5 Å². The van der Waals surface area contributed by atoms with Crippen molar-refractivity contribution in [1.29, 1.82) is 0 Å².